The van der Waals surface area contributed by atoms with Crippen molar-refractivity contribution in [1.82, 2.24) is 25.1 Å². The van der Waals surface area contributed by atoms with E-state index in [9.17, 15) is 14.3 Å². The maximum absolute atomic E-state index is 14.3. The highest BCUT2D eigenvalue weighted by molar-refractivity contribution is 7.47. The fourth-order valence-electron chi connectivity index (χ4n) is 6.74. The Kier molecular flexibility index (Phi) is 10.6. The topological polar surface area (TPSA) is 158 Å². The molecule has 50 heavy (non-hydrogen) atoms. The van der Waals surface area contributed by atoms with Gasteiger partial charge in [-0.3, -0.25) is 14.4 Å². The molecule has 14 nitrogen and oxygen atoms in total. The lowest BCUT2D eigenvalue weighted by atomic mass is 9.93. The van der Waals surface area contributed by atoms with Crippen molar-refractivity contribution in [2.24, 2.45) is 0 Å². The number of carbonyl (C=O) groups excluding carboxylic acids is 1. The predicted molar refractivity (Wildman–Crippen MR) is 192 cm³/mol. The van der Waals surface area contributed by atoms with Crippen LogP contribution in [0.4, 0.5) is 23.0 Å². The Labute approximate surface area is 292 Å². The number of nitrogens with zero attached hydrogens (tertiary/aromatic N) is 6. The van der Waals surface area contributed by atoms with Gasteiger partial charge in [0.15, 0.2) is 5.69 Å². The van der Waals surface area contributed by atoms with Gasteiger partial charge in [-0.2, -0.15) is 14.8 Å². The number of hydrogen-bond acceptors (Lipinski definition) is 11. The summed E-state index contributed by atoms with van der Waals surface area (Å²) in [6.07, 6.45) is 6.13. The molecule has 3 N–H and O–H groups in total. The van der Waals surface area contributed by atoms with Gasteiger partial charge < -0.3 is 24.7 Å². The van der Waals surface area contributed by atoms with Crippen molar-refractivity contribution in [2.45, 2.75) is 58.4 Å². The smallest absolute Gasteiger partial charge is 0.494 e. The summed E-state index contributed by atoms with van der Waals surface area (Å²) in [6.45, 7) is 5.83. The molecule has 1 aliphatic heterocycles. The number of H-pyrrole nitrogens is 1. The maximum Gasteiger partial charge on any atom is 0.494 e. The third-order valence-electron chi connectivity index (χ3n) is 9.57. The molecule has 1 atom stereocenters. The third kappa shape index (κ3) is 7.12. The molecule has 15 heteroatoms. The number of rotatable bonds is 12. The van der Waals surface area contributed by atoms with E-state index in [2.05, 4.69) is 50.5 Å². The molecule has 2 aliphatic rings. The van der Waals surface area contributed by atoms with E-state index in [0.29, 0.717) is 66.1 Å². The van der Waals surface area contributed by atoms with Crippen LogP contribution in [-0.4, -0.2) is 83.3 Å². The lowest BCUT2D eigenvalue weighted by molar-refractivity contribution is 0.0806. The van der Waals surface area contributed by atoms with E-state index < -0.39 is 13.7 Å². The fourth-order valence-corrected chi connectivity index (χ4v) is 7.17. The highest BCUT2D eigenvalue weighted by atomic mass is 31.2. The molecule has 1 fully saturated rings. The number of aromatic nitrogens is 4. The number of carbonyl (C=O) groups is 1. The van der Waals surface area contributed by atoms with Crippen LogP contribution in [0.25, 0.3) is 11.4 Å². The summed E-state index contributed by atoms with van der Waals surface area (Å²) in [7, 11) is 2.33. The predicted octanol–water partition coefficient (Wildman–Crippen LogP) is 5.70. The summed E-state index contributed by atoms with van der Waals surface area (Å²) in [4.78, 5) is 38.7. The summed E-state index contributed by atoms with van der Waals surface area (Å²) >= 11 is 0. The Hall–Kier alpha value is -4.33. The van der Waals surface area contributed by atoms with Gasteiger partial charge in [-0.15, -0.1) is 0 Å². The molecule has 1 amide bonds. The highest BCUT2D eigenvalue weighted by Gasteiger charge is 2.36. The van der Waals surface area contributed by atoms with Crippen LogP contribution < -0.4 is 20.0 Å². The summed E-state index contributed by atoms with van der Waals surface area (Å²) in [6, 6.07) is 12.3. The minimum Gasteiger partial charge on any atom is -0.494 e. The number of aromatic amines is 1. The second-order valence-corrected chi connectivity index (χ2v) is 14.1. The second-order valence-electron chi connectivity index (χ2n) is 12.6. The van der Waals surface area contributed by atoms with Crippen molar-refractivity contribution in [3.8, 4) is 17.1 Å². The van der Waals surface area contributed by atoms with Crippen molar-refractivity contribution in [2.75, 3.05) is 56.7 Å². The standard InChI is InChI=1S/C35H45N8O6P/c1-7-22-10-9-11-23(8-2)33(22)43(49-50(45,46)48-6)34(44)32-27-14-12-24-21-36-35(38-30(24)31(27)39-40-32)37-28-15-13-26(20-29(28)47-5)42-18-16-25(17-19-42)41(3)4/h9-11,13,15,20-21,25H,7-8,12,14,16-19H2,1-6H3,(H,39,40)(H,45,46)(H,36,37,38). The van der Waals surface area contributed by atoms with Crippen LogP contribution in [0.3, 0.4) is 0 Å². The van der Waals surface area contributed by atoms with Crippen LogP contribution in [0.5, 0.6) is 5.75 Å². The number of hydroxylamine groups is 1. The van der Waals surface area contributed by atoms with Gasteiger partial charge in [0, 0.05) is 49.8 Å². The van der Waals surface area contributed by atoms with E-state index in [-0.39, 0.29) is 5.69 Å². The zero-order chi connectivity index (χ0) is 35.6. The zero-order valence-electron chi connectivity index (χ0n) is 29.4. The first-order chi connectivity index (χ1) is 24.1. The minimum absolute atomic E-state index is 0.0645. The molecule has 0 saturated carbocycles. The van der Waals surface area contributed by atoms with Gasteiger partial charge in [-0.05, 0) is 81.4 Å². The van der Waals surface area contributed by atoms with Crippen molar-refractivity contribution in [3.05, 3.63) is 70.5 Å². The van der Waals surface area contributed by atoms with Gasteiger partial charge in [0.25, 0.3) is 0 Å². The van der Waals surface area contributed by atoms with Crippen LogP contribution in [0.1, 0.15) is 59.4 Å². The molecule has 2 aromatic heterocycles. The number of phosphoric acid groups is 1. The zero-order valence-corrected chi connectivity index (χ0v) is 30.3. The fraction of sp³-hybridized carbons (Fsp3) is 0.429. The van der Waals surface area contributed by atoms with E-state index >= 15 is 0 Å². The SMILES string of the molecule is CCc1cccc(CC)c1N(OP(=O)(O)OC)C(=O)c1n[nH]c2c1CCc1cnc(Nc3ccc(N4CCC(N(C)C)CC4)cc3OC)nc1-2. The first-order valence-electron chi connectivity index (χ1n) is 16.9. The van der Waals surface area contributed by atoms with E-state index in [1.807, 2.05) is 44.2 Å². The molecule has 3 heterocycles. The lowest BCUT2D eigenvalue weighted by Gasteiger charge is -2.36. The molecule has 0 radical (unpaired) electrons. The largest absolute Gasteiger partial charge is 0.494 e. The van der Waals surface area contributed by atoms with Gasteiger partial charge in [0.05, 0.1) is 29.9 Å². The number of para-hydroxylation sites is 1. The van der Waals surface area contributed by atoms with Crippen LogP contribution in [-0.2, 0) is 39.4 Å². The number of phosphoric ester groups is 1. The molecule has 6 rings (SSSR count). The van der Waals surface area contributed by atoms with E-state index in [1.165, 1.54) is 0 Å². The normalized spacial score (nSPS) is 15.7. The van der Waals surface area contributed by atoms with Gasteiger partial charge in [-0.25, -0.2) is 14.5 Å². The summed E-state index contributed by atoms with van der Waals surface area (Å²) < 4.78 is 28.6. The first-order valence-corrected chi connectivity index (χ1v) is 18.4. The molecule has 266 valence electrons. The van der Waals surface area contributed by atoms with E-state index in [4.69, 9.17) is 18.9 Å². The molecule has 1 unspecified atom stereocenters. The van der Waals surface area contributed by atoms with E-state index in [0.717, 1.165) is 66.2 Å². The molecular weight excluding hydrogens is 659 g/mol. The second kappa shape index (κ2) is 14.9. The summed E-state index contributed by atoms with van der Waals surface area (Å²) in [5, 5.41) is 11.6. The molecule has 1 aliphatic carbocycles. The highest BCUT2D eigenvalue weighted by Crippen LogP contribution is 2.46. The number of aryl methyl sites for hydroxylation is 3. The Morgan fingerprint density at radius 1 is 1.10 bits per heavy atom. The minimum atomic E-state index is -4.63. The number of benzene rings is 2. The third-order valence-corrected chi connectivity index (χ3v) is 10.4. The van der Waals surface area contributed by atoms with Crippen LogP contribution >= 0.6 is 7.82 Å². The molecule has 2 aromatic carbocycles. The number of fused-ring (bicyclic) bond motifs is 3. The van der Waals surface area contributed by atoms with Crippen molar-refractivity contribution in [3.63, 3.8) is 0 Å². The Bertz CT molecular complexity index is 1890. The van der Waals surface area contributed by atoms with Crippen LogP contribution in [0, 0.1) is 0 Å². The quantitative estimate of drug-likeness (QED) is 0.122. The van der Waals surface area contributed by atoms with Gasteiger partial charge in [0.1, 0.15) is 5.75 Å². The summed E-state index contributed by atoms with van der Waals surface area (Å²) in [5.74, 6) is 0.327. The average molecular weight is 705 g/mol. The van der Waals surface area contributed by atoms with Gasteiger partial charge in [-0.1, -0.05) is 32.0 Å². The average Bonchev–Trinajstić information content (AvgIpc) is 3.58. The lowest BCUT2D eigenvalue weighted by Crippen LogP contribution is -2.41. The molecule has 0 spiro atoms. The van der Waals surface area contributed by atoms with Crippen LogP contribution in [0.2, 0.25) is 0 Å². The molecule has 1 saturated heterocycles. The summed E-state index contributed by atoms with van der Waals surface area (Å²) in [5.41, 5.74) is 6.51. The number of anilines is 4. The van der Waals surface area contributed by atoms with Crippen LogP contribution in [0.15, 0.2) is 42.6 Å². The molecular formula is C35H45N8O6P. The number of methoxy groups -OCH3 is 1. The molecule has 0 bridgehead atoms. The van der Waals surface area contributed by atoms with E-state index in [1.54, 1.807) is 13.3 Å². The Balaban J connectivity index is 1.29. The molecule has 4 aromatic rings. The monoisotopic (exact) mass is 704 g/mol. The number of hydrogen-bond donors (Lipinski definition) is 3. The van der Waals surface area contributed by atoms with Crippen molar-refractivity contribution < 1.29 is 28.1 Å². The van der Waals surface area contributed by atoms with Gasteiger partial charge >= 0.3 is 13.7 Å². The first kappa shape index (κ1) is 35.5. The number of ether oxygens (including phenoxy) is 1. The number of nitrogens with one attached hydrogen (secondary N) is 2. The van der Waals surface area contributed by atoms with Crippen molar-refractivity contribution >= 4 is 36.7 Å². The van der Waals surface area contributed by atoms with Crippen molar-refractivity contribution in [1.29, 1.82) is 0 Å². The number of piperidine rings is 1. The maximum atomic E-state index is 14.3. The Morgan fingerprint density at radius 2 is 1.82 bits per heavy atom. The van der Waals surface area contributed by atoms with Gasteiger partial charge in [0.2, 0.25) is 5.95 Å². The Morgan fingerprint density at radius 3 is 2.46 bits per heavy atom. The number of amides is 1.